The van der Waals surface area contributed by atoms with Gasteiger partial charge < -0.3 is 0 Å². The molecule has 0 saturated heterocycles. The number of carbonyl (C=O) groups is 2. The van der Waals surface area contributed by atoms with Gasteiger partial charge in [0.05, 0.1) is 5.69 Å². The van der Waals surface area contributed by atoms with E-state index < -0.39 is 0 Å². The Labute approximate surface area is 149 Å². The SMILES string of the molecule is Cc1ccc(N2C(=O)/C(=C/c3ccsc3)c3ccccc3C2=O)cc1. The molecular weight excluding hydrogens is 330 g/mol. The third kappa shape index (κ3) is 2.71. The van der Waals surface area contributed by atoms with Crippen molar-refractivity contribution >= 4 is 40.5 Å². The molecule has 0 N–H and O–H groups in total. The zero-order valence-corrected chi connectivity index (χ0v) is 14.4. The van der Waals surface area contributed by atoms with Crippen LogP contribution in [0, 0.1) is 6.92 Å². The molecule has 1 aliphatic rings. The zero-order chi connectivity index (χ0) is 17.4. The largest absolute Gasteiger partial charge is 0.268 e. The van der Waals surface area contributed by atoms with Gasteiger partial charge in [0.1, 0.15) is 0 Å². The lowest BCUT2D eigenvalue weighted by molar-refractivity contribution is -0.112. The molecule has 3 nitrogen and oxygen atoms in total. The van der Waals surface area contributed by atoms with Gasteiger partial charge in [-0.2, -0.15) is 11.3 Å². The van der Waals surface area contributed by atoms with Crippen molar-refractivity contribution in [2.45, 2.75) is 6.92 Å². The van der Waals surface area contributed by atoms with E-state index in [1.54, 1.807) is 29.5 Å². The molecule has 4 rings (SSSR count). The number of fused-ring (bicyclic) bond motifs is 1. The highest BCUT2D eigenvalue weighted by Gasteiger charge is 2.35. The van der Waals surface area contributed by atoms with Crippen molar-refractivity contribution in [2.75, 3.05) is 4.90 Å². The number of imide groups is 1. The van der Waals surface area contributed by atoms with Gasteiger partial charge in [0.25, 0.3) is 11.8 Å². The summed E-state index contributed by atoms with van der Waals surface area (Å²) in [7, 11) is 0. The van der Waals surface area contributed by atoms with Crippen LogP contribution in [0.25, 0.3) is 11.6 Å². The lowest BCUT2D eigenvalue weighted by Crippen LogP contribution is -2.41. The van der Waals surface area contributed by atoms with Crippen LogP contribution in [0.5, 0.6) is 0 Å². The number of nitrogens with zero attached hydrogens (tertiary/aromatic N) is 1. The normalized spacial score (nSPS) is 15.6. The quantitative estimate of drug-likeness (QED) is 0.495. The summed E-state index contributed by atoms with van der Waals surface area (Å²) in [6, 6.07) is 16.6. The van der Waals surface area contributed by atoms with E-state index in [4.69, 9.17) is 0 Å². The molecule has 25 heavy (non-hydrogen) atoms. The number of amides is 2. The minimum atomic E-state index is -0.293. The minimum absolute atomic E-state index is 0.285. The van der Waals surface area contributed by atoms with Crippen molar-refractivity contribution < 1.29 is 9.59 Å². The van der Waals surface area contributed by atoms with Gasteiger partial charge in [0.2, 0.25) is 0 Å². The third-order valence-electron chi connectivity index (χ3n) is 4.23. The van der Waals surface area contributed by atoms with E-state index >= 15 is 0 Å². The molecule has 0 atom stereocenters. The van der Waals surface area contributed by atoms with Crippen LogP contribution in [0.3, 0.4) is 0 Å². The van der Waals surface area contributed by atoms with Crippen molar-refractivity contribution in [2.24, 2.45) is 0 Å². The molecule has 0 bridgehead atoms. The number of aryl methyl sites for hydroxylation is 1. The minimum Gasteiger partial charge on any atom is -0.268 e. The van der Waals surface area contributed by atoms with Crippen molar-refractivity contribution in [3.8, 4) is 0 Å². The molecule has 2 amide bonds. The molecule has 4 heteroatoms. The Balaban J connectivity index is 1.90. The smallest absolute Gasteiger partial charge is 0.265 e. The van der Waals surface area contributed by atoms with Gasteiger partial charge in [-0.1, -0.05) is 35.9 Å². The Morgan fingerprint density at radius 3 is 2.28 bits per heavy atom. The molecule has 0 radical (unpaired) electrons. The number of rotatable bonds is 2. The summed E-state index contributed by atoms with van der Waals surface area (Å²) in [5.74, 6) is -0.578. The lowest BCUT2D eigenvalue weighted by Gasteiger charge is -2.28. The maximum atomic E-state index is 13.2. The zero-order valence-electron chi connectivity index (χ0n) is 13.6. The van der Waals surface area contributed by atoms with E-state index in [9.17, 15) is 9.59 Å². The molecule has 0 fully saturated rings. The summed E-state index contributed by atoms with van der Waals surface area (Å²) in [6.45, 7) is 1.97. The van der Waals surface area contributed by atoms with Gasteiger partial charge in [-0.15, -0.1) is 0 Å². The van der Waals surface area contributed by atoms with Crippen molar-refractivity contribution in [1.82, 2.24) is 0 Å². The Hall–Kier alpha value is -2.98. The van der Waals surface area contributed by atoms with Gasteiger partial charge in [-0.25, -0.2) is 4.90 Å². The third-order valence-corrected chi connectivity index (χ3v) is 4.93. The number of thiophene rings is 1. The summed E-state index contributed by atoms with van der Waals surface area (Å²) < 4.78 is 0. The second-order valence-corrected chi connectivity index (χ2v) is 6.72. The second-order valence-electron chi connectivity index (χ2n) is 5.94. The molecule has 2 aromatic carbocycles. The lowest BCUT2D eigenvalue weighted by atomic mass is 9.92. The number of hydrogen-bond acceptors (Lipinski definition) is 3. The predicted octanol–water partition coefficient (Wildman–Crippen LogP) is 4.78. The molecular formula is C21H15NO2S. The molecule has 0 spiro atoms. The van der Waals surface area contributed by atoms with E-state index in [1.807, 2.05) is 60.2 Å². The van der Waals surface area contributed by atoms with Gasteiger partial charge in [-0.3, -0.25) is 9.59 Å². The van der Waals surface area contributed by atoms with Crippen molar-refractivity contribution in [3.05, 3.63) is 87.6 Å². The first-order chi connectivity index (χ1) is 12.1. The van der Waals surface area contributed by atoms with Crippen LogP contribution in [-0.4, -0.2) is 11.8 Å². The Morgan fingerprint density at radius 1 is 0.880 bits per heavy atom. The highest BCUT2D eigenvalue weighted by Crippen LogP contribution is 2.33. The fraction of sp³-hybridized carbons (Fsp3) is 0.0476. The van der Waals surface area contributed by atoms with Crippen LogP contribution in [0.15, 0.2) is 65.4 Å². The molecule has 2 heterocycles. The number of anilines is 1. The Bertz CT molecular complexity index is 985. The van der Waals surface area contributed by atoms with Gasteiger partial charge in [0.15, 0.2) is 0 Å². The van der Waals surface area contributed by atoms with E-state index in [2.05, 4.69) is 0 Å². The maximum absolute atomic E-state index is 13.2. The maximum Gasteiger partial charge on any atom is 0.265 e. The molecule has 0 aliphatic carbocycles. The molecule has 1 aromatic heterocycles. The van der Waals surface area contributed by atoms with Crippen molar-refractivity contribution in [1.29, 1.82) is 0 Å². The fourth-order valence-electron chi connectivity index (χ4n) is 2.94. The Morgan fingerprint density at radius 2 is 1.60 bits per heavy atom. The highest BCUT2D eigenvalue weighted by atomic mass is 32.1. The average Bonchev–Trinajstić information content (AvgIpc) is 3.14. The predicted molar refractivity (Wildman–Crippen MR) is 102 cm³/mol. The molecule has 0 unspecified atom stereocenters. The molecule has 0 saturated carbocycles. The van der Waals surface area contributed by atoms with Crippen LogP contribution in [0.1, 0.15) is 27.0 Å². The number of hydrogen-bond donors (Lipinski definition) is 0. The summed E-state index contributed by atoms with van der Waals surface area (Å²) in [6.07, 6.45) is 1.85. The van der Waals surface area contributed by atoms with Gasteiger partial charge in [0, 0.05) is 11.1 Å². The average molecular weight is 345 g/mol. The van der Waals surface area contributed by atoms with E-state index in [1.165, 1.54) is 4.90 Å². The summed E-state index contributed by atoms with van der Waals surface area (Å²) in [5, 5.41) is 3.95. The van der Waals surface area contributed by atoms with E-state index in [0.717, 1.165) is 11.1 Å². The highest BCUT2D eigenvalue weighted by molar-refractivity contribution is 7.08. The molecule has 122 valence electrons. The van der Waals surface area contributed by atoms with E-state index in [0.29, 0.717) is 22.4 Å². The van der Waals surface area contributed by atoms with Crippen LogP contribution in [-0.2, 0) is 4.79 Å². The number of benzene rings is 2. The van der Waals surface area contributed by atoms with Crippen molar-refractivity contribution in [3.63, 3.8) is 0 Å². The molecule has 3 aromatic rings. The first-order valence-corrected chi connectivity index (χ1v) is 8.88. The standard InChI is InChI=1S/C21H15NO2S/c1-14-6-8-16(9-7-14)22-20(23)18-5-3-2-4-17(18)19(21(22)24)12-15-10-11-25-13-15/h2-13H,1H3/b19-12+. The van der Waals surface area contributed by atoms with Gasteiger partial charge >= 0.3 is 0 Å². The molecule has 1 aliphatic heterocycles. The number of carbonyl (C=O) groups excluding carboxylic acids is 2. The first-order valence-electron chi connectivity index (χ1n) is 7.94. The summed E-state index contributed by atoms with van der Waals surface area (Å²) in [4.78, 5) is 27.4. The second kappa shape index (κ2) is 6.15. The monoisotopic (exact) mass is 345 g/mol. The van der Waals surface area contributed by atoms with Crippen LogP contribution < -0.4 is 4.90 Å². The van der Waals surface area contributed by atoms with Crippen LogP contribution in [0.2, 0.25) is 0 Å². The summed E-state index contributed by atoms with van der Waals surface area (Å²) in [5.41, 5.74) is 4.40. The Kier molecular flexibility index (Phi) is 3.82. The fourth-order valence-corrected chi connectivity index (χ4v) is 3.56. The van der Waals surface area contributed by atoms with Crippen LogP contribution >= 0.6 is 11.3 Å². The van der Waals surface area contributed by atoms with Gasteiger partial charge in [-0.05, 0) is 59.2 Å². The first kappa shape index (κ1) is 15.5. The topological polar surface area (TPSA) is 37.4 Å². The van der Waals surface area contributed by atoms with Crippen LogP contribution in [0.4, 0.5) is 5.69 Å². The summed E-state index contributed by atoms with van der Waals surface area (Å²) >= 11 is 1.57. The van der Waals surface area contributed by atoms with E-state index in [-0.39, 0.29) is 11.8 Å².